The molecule has 4 rings (SSSR count). The summed E-state index contributed by atoms with van der Waals surface area (Å²) in [6.45, 7) is -2.71. The number of rotatable bonds is 6. The number of nitrogens with zero attached hydrogens (tertiary/aromatic N) is 5. The predicted molar refractivity (Wildman–Crippen MR) is 95.7 cm³/mol. The fraction of sp³-hybridized carbons (Fsp3) is 0.389. The van der Waals surface area contributed by atoms with Crippen LogP contribution < -0.4 is 10.2 Å². The number of nitriles is 1. The van der Waals surface area contributed by atoms with Crippen molar-refractivity contribution >= 4 is 29.2 Å². The van der Waals surface area contributed by atoms with Gasteiger partial charge in [-0.3, -0.25) is 4.79 Å². The molecule has 11 heteroatoms. The maximum Gasteiger partial charge on any atom is 0.354 e. The fourth-order valence-electron chi connectivity index (χ4n) is 3.68. The van der Waals surface area contributed by atoms with Crippen LogP contribution in [0, 0.1) is 22.7 Å². The van der Waals surface area contributed by atoms with Gasteiger partial charge in [-0.15, -0.1) is 5.10 Å². The van der Waals surface area contributed by atoms with Gasteiger partial charge >= 0.3 is 12.5 Å². The third kappa shape index (κ3) is 3.16. The standard InChI is InChI=1S/C18H16F2N6O3/c19-17(20)26-12(15(27)28)8-14(24-26)23-13-7-11(3-5-22-13)25-6-4-18(9-21,16(25)29)10-1-2-10/h3,5,7-8,10,17H,1-2,4,6H2,(H,27,28)(H,22,23,24)/t18-/m1/s1. The molecule has 0 spiro atoms. The first-order valence-corrected chi connectivity index (χ1v) is 8.93. The lowest BCUT2D eigenvalue weighted by Gasteiger charge is -2.21. The predicted octanol–water partition coefficient (Wildman–Crippen LogP) is 2.77. The third-order valence-electron chi connectivity index (χ3n) is 5.28. The summed E-state index contributed by atoms with van der Waals surface area (Å²) in [6.07, 6.45) is 3.62. The first kappa shape index (κ1) is 18.8. The van der Waals surface area contributed by atoms with Crippen LogP contribution in [-0.2, 0) is 4.79 Å². The molecule has 0 aromatic carbocycles. The number of carboxylic acids is 1. The molecule has 150 valence electrons. The number of carboxylic acid groups (broad SMARTS) is 1. The van der Waals surface area contributed by atoms with Crippen molar-refractivity contribution in [2.75, 3.05) is 16.8 Å². The molecule has 9 nitrogen and oxygen atoms in total. The molecule has 1 saturated heterocycles. The number of carbonyl (C=O) groups excluding carboxylic acids is 1. The van der Waals surface area contributed by atoms with Gasteiger partial charge in [0.15, 0.2) is 11.5 Å². The van der Waals surface area contributed by atoms with E-state index in [1.807, 2.05) is 0 Å². The van der Waals surface area contributed by atoms with Crippen LogP contribution in [0.2, 0.25) is 0 Å². The number of nitrogens with one attached hydrogen (secondary N) is 1. The highest BCUT2D eigenvalue weighted by Gasteiger charge is 2.56. The number of aromatic carboxylic acids is 1. The highest BCUT2D eigenvalue weighted by atomic mass is 19.3. The lowest BCUT2D eigenvalue weighted by Crippen LogP contribution is -2.35. The van der Waals surface area contributed by atoms with Crippen LogP contribution in [0.4, 0.5) is 26.1 Å². The highest BCUT2D eigenvalue weighted by molar-refractivity contribution is 6.02. The summed E-state index contributed by atoms with van der Waals surface area (Å²) in [7, 11) is 0. The van der Waals surface area contributed by atoms with Crippen molar-refractivity contribution in [3.8, 4) is 6.07 Å². The van der Waals surface area contributed by atoms with E-state index < -0.39 is 23.6 Å². The van der Waals surface area contributed by atoms with Crippen molar-refractivity contribution in [3.05, 3.63) is 30.1 Å². The quantitative estimate of drug-likeness (QED) is 0.761. The zero-order valence-electron chi connectivity index (χ0n) is 15.0. The Morgan fingerprint density at radius 1 is 1.38 bits per heavy atom. The number of anilines is 3. The number of hydrogen-bond donors (Lipinski definition) is 2. The number of halogens is 2. The minimum Gasteiger partial charge on any atom is -0.477 e. The summed E-state index contributed by atoms with van der Waals surface area (Å²) >= 11 is 0. The second-order valence-electron chi connectivity index (χ2n) is 7.03. The second-order valence-corrected chi connectivity index (χ2v) is 7.03. The fourth-order valence-corrected chi connectivity index (χ4v) is 3.68. The van der Waals surface area contributed by atoms with Crippen molar-refractivity contribution in [2.45, 2.75) is 25.8 Å². The Morgan fingerprint density at radius 3 is 2.72 bits per heavy atom. The Balaban J connectivity index is 1.58. The van der Waals surface area contributed by atoms with E-state index in [1.165, 1.54) is 17.2 Å². The molecule has 0 unspecified atom stereocenters. The number of aromatic nitrogens is 3. The third-order valence-corrected chi connectivity index (χ3v) is 5.28. The van der Waals surface area contributed by atoms with Crippen LogP contribution in [0.1, 0.15) is 36.3 Å². The van der Waals surface area contributed by atoms with Gasteiger partial charge in [-0.2, -0.15) is 18.7 Å². The summed E-state index contributed by atoms with van der Waals surface area (Å²) in [5.41, 5.74) is -1.14. The first-order chi connectivity index (χ1) is 13.9. The molecule has 2 N–H and O–H groups in total. The molecule has 2 aromatic rings. The van der Waals surface area contributed by atoms with Crippen molar-refractivity contribution in [1.82, 2.24) is 14.8 Å². The average molecular weight is 402 g/mol. The average Bonchev–Trinajstić information content (AvgIpc) is 3.36. The Morgan fingerprint density at radius 2 is 2.14 bits per heavy atom. The molecule has 29 heavy (non-hydrogen) atoms. The Labute approximate surface area is 163 Å². The van der Waals surface area contributed by atoms with E-state index in [-0.39, 0.29) is 28.1 Å². The van der Waals surface area contributed by atoms with Crippen molar-refractivity contribution in [2.24, 2.45) is 11.3 Å². The molecule has 2 fully saturated rings. The normalized spacial score (nSPS) is 21.4. The molecule has 1 amide bonds. The van der Waals surface area contributed by atoms with E-state index in [2.05, 4.69) is 21.5 Å². The van der Waals surface area contributed by atoms with Gasteiger partial charge in [0.1, 0.15) is 11.2 Å². The second kappa shape index (κ2) is 6.80. The first-order valence-electron chi connectivity index (χ1n) is 8.93. The molecular formula is C18H16F2N6O3. The Hall–Kier alpha value is -3.55. The van der Waals surface area contributed by atoms with E-state index in [0.717, 1.165) is 18.9 Å². The topological polar surface area (TPSA) is 124 Å². The molecule has 1 saturated carbocycles. The molecule has 2 aliphatic rings. The molecule has 1 atom stereocenters. The van der Waals surface area contributed by atoms with Crippen molar-refractivity contribution < 1.29 is 23.5 Å². The minimum absolute atomic E-state index is 0.0927. The van der Waals surface area contributed by atoms with Gasteiger partial charge in [0.25, 0.3) is 0 Å². The summed E-state index contributed by atoms with van der Waals surface area (Å²) in [5, 5.41) is 24.8. The van der Waals surface area contributed by atoms with Crippen LogP contribution in [0.5, 0.6) is 0 Å². The largest absolute Gasteiger partial charge is 0.477 e. The number of alkyl halides is 2. The summed E-state index contributed by atoms with van der Waals surface area (Å²) in [5.74, 6) is -1.60. The highest BCUT2D eigenvalue weighted by Crippen LogP contribution is 2.51. The lowest BCUT2D eigenvalue weighted by molar-refractivity contribution is -0.123. The van der Waals surface area contributed by atoms with Crippen LogP contribution in [0.25, 0.3) is 0 Å². The molecule has 1 aliphatic heterocycles. The monoisotopic (exact) mass is 402 g/mol. The summed E-state index contributed by atoms with van der Waals surface area (Å²) in [4.78, 5) is 29.6. The zero-order valence-corrected chi connectivity index (χ0v) is 15.0. The van der Waals surface area contributed by atoms with Gasteiger partial charge in [-0.1, -0.05) is 0 Å². The van der Waals surface area contributed by atoms with Crippen molar-refractivity contribution in [3.63, 3.8) is 0 Å². The molecule has 0 radical (unpaired) electrons. The summed E-state index contributed by atoms with van der Waals surface area (Å²) in [6, 6.07) is 6.32. The van der Waals surface area contributed by atoms with Crippen molar-refractivity contribution in [1.29, 1.82) is 5.26 Å². The number of carbonyl (C=O) groups is 2. The lowest BCUT2D eigenvalue weighted by atomic mass is 9.83. The maximum absolute atomic E-state index is 13.0. The van der Waals surface area contributed by atoms with E-state index in [1.54, 1.807) is 6.07 Å². The Kier molecular flexibility index (Phi) is 4.41. The van der Waals surface area contributed by atoms with Gasteiger partial charge in [-0.25, -0.2) is 9.78 Å². The van der Waals surface area contributed by atoms with Crippen LogP contribution in [0.15, 0.2) is 24.4 Å². The van der Waals surface area contributed by atoms with E-state index in [4.69, 9.17) is 5.11 Å². The van der Waals surface area contributed by atoms with Crippen LogP contribution >= 0.6 is 0 Å². The number of amides is 1. The molecule has 0 bridgehead atoms. The number of hydrogen-bond acceptors (Lipinski definition) is 6. The van der Waals surface area contributed by atoms with Gasteiger partial charge in [0.05, 0.1) is 6.07 Å². The van der Waals surface area contributed by atoms with Gasteiger partial charge in [-0.05, 0) is 31.2 Å². The van der Waals surface area contributed by atoms with E-state index in [9.17, 15) is 23.6 Å². The minimum atomic E-state index is -3.11. The Bertz CT molecular complexity index is 1030. The molecule has 3 heterocycles. The zero-order chi connectivity index (χ0) is 20.8. The van der Waals surface area contributed by atoms with Gasteiger partial charge in [0, 0.05) is 30.6 Å². The molecular weight excluding hydrogens is 386 g/mol. The summed E-state index contributed by atoms with van der Waals surface area (Å²) < 4.78 is 26.0. The van der Waals surface area contributed by atoms with Crippen LogP contribution in [0.3, 0.4) is 0 Å². The smallest absolute Gasteiger partial charge is 0.354 e. The van der Waals surface area contributed by atoms with E-state index in [0.29, 0.717) is 18.7 Å². The molecule has 2 aromatic heterocycles. The van der Waals surface area contributed by atoms with Gasteiger partial charge in [0.2, 0.25) is 5.91 Å². The van der Waals surface area contributed by atoms with Crippen LogP contribution in [-0.4, -0.2) is 38.3 Å². The van der Waals surface area contributed by atoms with Gasteiger partial charge < -0.3 is 15.3 Å². The maximum atomic E-state index is 13.0. The molecule has 1 aliphatic carbocycles. The number of pyridine rings is 1. The SMILES string of the molecule is N#C[C@@]1(C2CC2)CCN(c2ccnc(Nc3cc(C(=O)O)n(C(F)F)n3)c2)C1=O. The van der Waals surface area contributed by atoms with E-state index >= 15 is 0 Å².